The van der Waals surface area contributed by atoms with E-state index in [1.54, 1.807) is 0 Å². The van der Waals surface area contributed by atoms with E-state index in [4.69, 9.17) is 4.98 Å². The van der Waals surface area contributed by atoms with E-state index >= 15 is 0 Å². The van der Waals surface area contributed by atoms with Crippen LogP contribution in [0.5, 0.6) is 0 Å². The van der Waals surface area contributed by atoms with E-state index < -0.39 is 0 Å². The third-order valence-corrected chi connectivity index (χ3v) is 4.80. The monoisotopic (exact) mass is 282 g/mol. The Labute approximate surface area is 128 Å². The highest BCUT2D eigenvalue weighted by molar-refractivity contribution is 5.81. The van der Waals surface area contributed by atoms with Crippen LogP contribution in [0.15, 0.2) is 30.3 Å². The van der Waals surface area contributed by atoms with Crippen LogP contribution in [0.25, 0.3) is 10.9 Å². The molecule has 1 N–H and O–H groups in total. The molecule has 2 nitrogen and oxygen atoms in total. The molecule has 0 spiro atoms. The molecule has 21 heavy (non-hydrogen) atoms. The number of aromatic nitrogens is 1. The Morgan fingerprint density at radius 2 is 1.90 bits per heavy atom. The van der Waals surface area contributed by atoms with Crippen molar-refractivity contribution < 1.29 is 0 Å². The van der Waals surface area contributed by atoms with Gasteiger partial charge in [-0.05, 0) is 56.2 Å². The minimum Gasteiger partial charge on any atom is -0.367 e. The first kappa shape index (κ1) is 14.4. The minimum atomic E-state index is 0.602. The van der Waals surface area contributed by atoms with Gasteiger partial charge in [-0.15, -0.1) is 0 Å². The molecule has 1 aromatic carbocycles. The van der Waals surface area contributed by atoms with Gasteiger partial charge >= 0.3 is 0 Å². The van der Waals surface area contributed by atoms with E-state index in [2.05, 4.69) is 49.5 Å². The average molecular weight is 282 g/mol. The van der Waals surface area contributed by atoms with Crippen molar-refractivity contribution in [2.75, 3.05) is 5.32 Å². The maximum atomic E-state index is 4.81. The number of para-hydroxylation sites is 1. The number of nitrogens with one attached hydrogen (secondary N) is 1. The van der Waals surface area contributed by atoms with Crippen LogP contribution in [0.4, 0.5) is 5.82 Å². The Morgan fingerprint density at radius 1 is 1.14 bits per heavy atom. The van der Waals surface area contributed by atoms with E-state index in [-0.39, 0.29) is 0 Å². The third-order valence-electron chi connectivity index (χ3n) is 4.80. The van der Waals surface area contributed by atoms with Crippen LogP contribution in [0.3, 0.4) is 0 Å². The van der Waals surface area contributed by atoms with E-state index in [9.17, 15) is 0 Å². The van der Waals surface area contributed by atoms with Crippen molar-refractivity contribution in [3.63, 3.8) is 0 Å². The number of fused-ring (bicyclic) bond motifs is 1. The molecule has 0 amide bonds. The lowest BCUT2D eigenvalue weighted by Gasteiger charge is -2.29. The second-order valence-electron chi connectivity index (χ2n) is 6.50. The van der Waals surface area contributed by atoms with Crippen LogP contribution in [0, 0.1) is 12.8 Å². The maximum Gasteiger partial charge on any atom is 0.129 e. The topological polar surface area (TPSA) is 24.9 Å². The van der Waals surface area contributed by atoms with Crippen molar-refractivity contribution in [1.82, 2.24) is 4.98 Å². The van der Waals surface area contributed by atoms with Crippen molar-refractivity contribution in [3.8, 4) is 0 Å². The van der Waals surface area contributed by atoms with Gasteiger partial charge in [0.15, 0.2) is 0 Å². The molecule has 0 radical (unpaired) electrons. The summed E-state index contributed by atoms with van der Waals surface area (Å²) in [6.45, 7) is 4.46. The lowest BCUT2D eigenvalue weighted by atomic mass is 9.83. The number of anilines is 1. The predicted octanol–water partition coefficient (Wildman–Crippen LogP) is 5.31. The molecule has 0 bridgehead atoms. The number of aryl methyl sites for hydroxylation is 1. The van der Waals surface area contributed by atoms with Gasteiger partial charge in [-0.1, -0.05) is 38.0 Å². The molecule has 1 fully saturated rings. The first-order chi connectivity index (χ1) is 10.3. The normalized spacial score (nSPS) is 22.4. The maximum absolute atomic E-state index is 4.81. The lowest BCUT2D eigenvalue weighted by Crippen LogP contribution is -2.26. The Balaban J connectivity index is 1.69. The van der Waals surface area contributed by atoms with E-state index in [1.807, 2.05) is 0 Å². The molecule has 0 unspecified atom stereocenters. The summed E-state index contributed by atoms with van der Waals surface area (Å²) < 4.78 is 0. The number of hydrogen-bond donors (Lipinski definition) is 1. The third kappa shape index (κ3) is 3.37. The van der Waals surface area contributed by atoms with Gasteiger partial charge < -0.3 is 5.32 Å². The molecule has 0 atom stereocenters. The lowest BCUT2D eigenvalue weighted by molar-refractivity contribution is 0.318. The van der Waals surface area contributed by atoms with E-state index in [1.165, 1.54) is 49.5 Å². The van der Waals surface area contributed by atoms with Crippen molar-refractivity contribution in [1.29, 1.82) is 0 Å². The van der Waals surface area contributed by atoms with Crippen molar-refractivity contribution >= 4 is 16.7 Å². The standard InChI is InChI=1S/C19H26N2/c1-3-6-15-9-11-17(12-10-15)20-19-14(2)13-16-7-4-5-8-18(16)21-19/h4-5,7-8,13,15,17H,3,6,9-12H2,1-2H3,(H,20,21). The number of nitrogens with zero attached hydrogens (tertiary/aromatic N) is 1. The van der Waals surface area contributed by atoms with Crippen LogP contribution in [0.2, 0.25) is 0 Å². The number of hydrogen-bond acceptors (Lipinski definition) is 2. The van der Waals surface area contributed by atoms with Gasteiger partial charge in [-0.25, -0.2) is 4.98 Å². The summed E-state index contributed by atoms with van der Waals surface area (Å²) >= 11 is 0. The molecule has 2 heteroatoms. The Morgan fingerprint density at radius 3 is 2.67 bits per heavy atom. The highest BCUT2D eigenvalue weighted by Gasteiger charge is 2.21. The van der Waals surface area contributed by atoms with Gasteiger partial charge in [0.2, 0.25) is 0 Å². The highest BCUT2D eigenvalue weighted by Crippen LogP contribution is 2.30. The summed E-state index contributed by atoms with van der Waals surface area (Å²) in [6.07, 6.45) is 8.06. The van der Waals surface area contributed by atoms with Gasteiger partial charge in [-0.2, -0.15) is 0 Å². The van der Waals surface area contributed by atoms with Crippen molar-refractivity contribution in [3.05, 3.63) is 35.9 Å². The van der Waals surface area contributed by atoms with Gasteiger partial charge in [-0.3, -0.25) is 0 Å². The van der Waals surface area contributed by atoms with Gasteiger partial charge in [0.25, 0.3) is 0 Å². The molecule has 112 valence electrons. The van der Waals surface area contributed by atoms with Crippen LogP contribution in [-0.4, -0.2) is 11.0 Å². The quantitative estimate of drug-likeness (QED) is 0.821. The summed E-state index contributed by atoms with van der Waals surface area (Å²) in [5.74, 6) is 2.03. The highest BCUT2D eigenvalue weighted by atomic mass is 15.0. The summed E-state index contributed by atoms with van der Waals surface area (Å²) in [4.78, 5) is 4.81. The van der Waals surface area contributed by atoms with E-state index in [0.29, 0.717) is 6.04 Å². The first-order valence-corrected chi connectivity index (χ1v) is 8.39. The zero-order valence-electron chi connectivity index (χ0n) is 13.2. The fourth-order valence-electron chi connectivity index (χ4n) is 3.56. The Kier molecular flexibility index (Phi) is 4.42. The Hall–Kier alpha value is -1.57. The van der Waals surface area contributed by atoms with Gasteiger partial charge in [0.05, 0.1) is 5.52 Å². The molecule has 1 aliphatic carbocycles. The largest absolute Gasteiger partial charge is 0.367 e. The zero-order valence-corrected chi connectivity index (χ0v) is 13.2. The van der Waals surface area contributed by atoms with Gasteiger partial charge in [0.1, 0.15) is 5.82 Å². The number of pyridine rings is 1. The molecule has 0 aliphatic heterocycles. The fraction of sp³-hybridized carbons (Fsp3) is 0.526. The summed E-state index contributed by atoms with van der Waals surface area (Å²) in [6, 6.07) is 11.2. The molecule has 1 heterocycles. The molecule has 3 rings (SSSR count). The molecular weight excluding hydrogens is 256 g/mol. The molecule has 2 aromatic rings. The smallest absolute Gasteiger partial charge is 0.129 e. The van der Waals surface area contributed by atoms with Crippen LogP contribution in [-0.2, 0) is 0 Å². The summed E-state index contributed by atoms with van der Waals surface area (Å²) in [5.41, 5.74) is 2.34. The SMILES string of the molecule is CCCC1CCC(Nc2nc3ccccc3cc2C)CC1. The number of benzene rings is 1. The van der Waals surface area contributed by atoms with E-state index in [0.717, 1.165) is 17.3 Å². The van der Waals surface area contributed by atoms with Crippen LogP contribution >= 0.6 is 0 Å². The van der Waals surface area contributed by atoms with Crippen LogP contribution < -0.4 is 5.32 Å². The van der Waals surface area contributed by atoms with Crippen molar-refractivity contribution in [2.24, 2.45) is 5.92 Å². The van der Waals surface area contributed by atoms with Crippen LogP contribution in [0.1, 0.15) is 51.0 Å². The molecular formula is C19H26N2. The second kappa shape index (κ2) is 6.46. The molecule has 1 saturated carbocycles. The Bertz CT molecular complexity index is 598. The van der Waals surface area contributed by atoms with Crippen molar-refractivity contribution in [2.45, 2.75) is 58.4 Å². The second-order valence-corrected chi connectivity index (χ2v) is 6.50. The number of rotatable bonds is 4. The predicted molar refractivity (Wildman–Crippen MR) is 90.8 cm³/mol. The summed E-state index contributed by atoms with van der Waals surface area (Å²) in [5, 5.41) is 4.92. The molecule has 1 aliphatic rings. The fourth-order valence-corrected chi connectivity index (χ4v) is 3.56. The molecule has 0 saturated heterocycles. The van der Waals surface area contributed by atoms with Gasteiger partial charge in [0, 0.05) is 11.4 Å². The zero-order chi connectivity index (χ0) is 14.7. The summed E-state index contributed by atoms with van der Waals surface area (Å²) in [7, 11) is 0. The minimum absolute atomic E-state index is 0.602. The first-order valence-electron chi connectivity index (χ1n) is 8.39. The molecule has 1 aromatic heterocycles. The average Bonchev–Trinajstić information content (AvgIpc) is 2.50.